The van der Waals surface area contributed by atoms with E-state index >= 15 is 0 Å². The first-order valence-electron chi connectivity index (χ1n) is 15.2. The molecule has 0 aromatic rings. The van der Waals surface area contributed by atoms with Gasteiger partial charge in [-0.2, -0.15) is 0 Å². The van der Waals surface area contributed by atoms with Gasteiger partial charge in [-0.3, -0.25) is 4.79 Å². The van der Waals surface area contributed by atoms with Crippen molar-refractivity contribution in [3.05, 3.63) is 11.6 Å². The number of fused-ring (bicyclic) bond motifs is 1. The molecule has 0 bridgehead atoms. The van der Waals surface area contributed by atoms with E-state index in [0.717, 1.165) is 24.8 Å². The smallest absolute Gasteiger partial charge is 0.331 e. The van der Waals surface area contributed by atoms with Crippen LogP contribution in [0.1, 0.15) is 119 Å². The monoisotopic (exact) mass is 534 g/mol. The van der Waals surface area contributed by atoms with E-state index in [2.05, 4.69) is 34.6 Å². The number of rotatable bonds is 12. The molecule has 0 aromatic heterocycles. The summed E-state index contributed by atoms with van der Waals surface area (Å²) >= 11 is 0. The first-order chi connectivity index (χ1) is 17.7. The molecule has 0 radical (unpaired) electrons. The fourth-order valence-corrected chi connectivity index (χ4v) is 8.38. The van der Waals surface area contributed by atoms with E-state index in [4.69, 9.17) is 9.47 Å². The number of carbonyl (C=O) groups excluding carboxylic acids is 2. The highest BCUT2D eigenvalue weighted by atomic mass is 16.5. The fourth-order valence-electron chi connectivity index (χ4n) is 8.38. The number of esters is 2. The lowest BCUT2D eigenvalue weighted by molar-refractivity contribution is -0.291. The molecular formula is C32H54O6. The molecule has 0 unspecified atom stereocenters. The van der Waals surface area contributed by atoms with Crippen molar-refractivity contribution < 1.29 is 29.3 Å². The summed E-state index contributed by atoms with van der Waals surface area (Å²) in [5.41, 5.74) is -1.26. The summed E-state index contributed by atoms with van der Waals surface area (Å²) in [6.45, 7) is 15.1. The van der Waals surface area contributed by atoms with E-state index in [0.29, 0.717) is 43.9 Å². The van der Waals surface area contributed by atoms with Crippen LogP contribution in [0.5, 0.6) is 0 Å². The van der Waals surface area contributed by atoms with Crippen LogP contribution >= 0.6 is 0 Å². The van der Waals surface area contributed by atoms with Crippen LogP contribution in [0.2, 0.25) is 0 Å². The van der Waals surface area contributed by atoms with E-state index in [1.54, 1.807) is 6.08 Å². The molecular weight excluding hydrogens is 480 g/mol. The number of carbonyl (C=O) groups is 2. The summed E-state index contributed by atoms with van der Waals surface area (Å²) in [5, 5.41) is 24.7. The molecule has 2 saturated carbocycles. The van der Waals surface area contributed by atoms with Crippen molar-refractivity contribution in [2.45, 2.75) is 137 Å². The second-order valence-corrected chi connectivity index (χ2v) is 14.0. The van der Waals surface area contributed by atoms with Gasteiger partial charge in [0, 0.05) is 24.3 Å². The van der Waals surface area contributed by atoms with Crippen LogP contribution < -0.4 is 0 Å². The van der Waals surface area contributed by atoms with Gasteiger partial charge >= 0.3 is 11.9 Å². The van der Waals surface area contributed by atoms with Crippen molar-refractivity contribution in [1.29, 1.82) is 0 Å². The minimum atomic E-state index is -1.15. The SMILES string of the molecule is CC(=O)O[C@@H]1C[C@@H](C)[C@](O)(CCC2=CC(=O)OC2)[C@@]2(CCC[C@@H](C)CCCC(C)C)[C@H](O)CCC(C)(C)[C@H]12. The van der Waals surface area contributed by atoms with Crippen molar-refractivity contribution in [3.8, 4) is 0 Å². The van der Waals surface area contributed by atoms with Crippen LogP contribution in [0, 0.1) is 34.5 Å². The van der Waals surface area contributed by atoms with Crippen molar-refractivity contribution in [2.24, 2.45) is 34.5 Å². The summed E-state index contributed by atoms with van der Waals surface area (Å²) in [5.74, 6) is 0.348. The molecule has 2 N–H and O–H groups in total. The molecule has 6 nitrogen and oxygen atoms in total. The van der Waals surface area contributed by atoms with Crippen LogP contribution in [0.4, 0.5) is 0 Å². The van der Waals surface area contributed by atoms with E-state index in [1.807, 2.05) is 6.92 Å². The van der Waals surface area contributed by atoms with E-state index in [1.165, 1.54) is 26.2 Å². The van der Waals surface area contributed by atoms with E-state index in [-0.39, 0.29) is 41.9 Å². The van der Waals surface area contributed by atoms with E-state index in [9.17, 15) is 19.8 Å². The molecule has 38 heavy (non-hydrogen) atoms. The number of hydrogen-bond acceptors (Lipinski definition) is 6. The topological polar surface area (TPSA) is 93.1 Å². The van der Waals surface area contributed by atoms with E-state index < -0.39 is 17.1 Å². The molecule has 6 heteroatoms. The highest BCUT2D eigenvalue weighted by Crippen LogP contribution is 2.66. The lowest BCUT2D eigenvalue weighted by Crippen LogP contribution is -2.72. The Bertz CT molecular complexity index is 862. The molecule has 2 aliphatic carbocycles. The Morgan fingerprint density at radius 2 is 1.84 bits per heavy atom. The van der Waals surface area contributed by atoms with Gasteiger partial charge in [0.2, 0.25) is 0 Å². The third kappa shape index (κ3) is 6.49. The normalized spacial score (nSPS) is 35.4. The number of cyclic esters (lactones) is 1. The van der Waals surface area contributed by atoms with Gasteiger partial charge in [-0.1, -0.05) is 73.6 Å². The number of aliphatic hydroxyl groups is 2. The predicted octanol–water partition coefficient (Wildman–Crippen LogP) is 6.37. The van der Waals surface area contributed by atoms with Crippen LogP contribution in [-0.2, 0) is 19.1 Å². The highest BCUT2D eigenvalue weighted by Gasteiger charge is 2.69. The zero-order valence-electron chi connectivity index (χ0n) is 25.1. The van der Waals surface area contributed by atoms with Crippen molar-refractivity contribution in [3.63, 3.8) is 0 Å². The first-order valence-corrected chi connectivity index (χ1v) is 15.2. The molecule has 0 amide bonds. The lowest BCUT2D eigenvalue weighted by Gasteiger charge is -2.67. The Hall–Kier alpha value is -1.40. The summed E-state index contributed by atoms with van der Waals surface area (Å²) in [7, 11) is 0. The molecule has 1 heterocycles. The molecule has 3 rings (SSSR count). The van der Waals surface area contributed by atoms with Crippen molar-refractivity contribution in [1.82, 2.24) is 0 Å². The predicted molar refractivity (Wildman–Crippen MR) is 149 cm³/mol. The zero-order chi connectivity index (χ0) is 28.3. The molecule has 218 valence electrons. The maximum absolute atomic E-state index is 12.8. The average Bonchev–Trinajstić information content (AvgIpc) is 3.23. The van der Waals surface area contributed by atoms with Gasteiger partial charge in [-0.25, -0.2) is 4.79 Å². The summed E-state index contributed by atoms with van der Waals surface area (Å²) in [4.78, 5) is 23.9. The second-order valence-electron chi connectivity index (χ2n) is 14.0. The summed E-state index contributed by atoms with van der Waals surface area (Å²) in [6, 6.07) is 0. The maximum atomic E-state index is 12.8. The van der Waals surface area contributed by atoms with Crippen molar-refractivity contribution in [2.75, 3.05) is 6.61 Å². The number of hydrogen-bond donors (Lipinski definition) is 2. The Morgan fingerprint density at radius 1 is 1.16 bits per heavy atom. The quantitative estimate of drug-likeness (QED) is 0.283. The van der Waals surface area contributed by atoms with Gasteiger partial charge in [0.15, 0.2) is 0 Å². The van der Waals surface area contributed by atoms with Crippen LogP contribution in [-0.4, -0.2) is 46.6 Å². The molecule has 0 aromatic carbocycles. The fraction of sp³-hybridized carbons (Fsp3) is 0.875. The van der Waals surface area contributed by atoms with Gasteiger partial charge in [0.05, 0.1) is 11.7 Å². The van der Waals surface area contributed by atoms with Gasteiger partial charge < -0.3 is 19.7 Å². The Kier molecular flexibility index (Phi) is 10.2. The lowest BCUT2D eigenvalue weighted by atomic mass is 9.40. The standard InChI is InChI=1S/C32H54O6/c1-21(2)10-8-11-22(3)12-9-15-31-27(34)14-16-30(6,7)29(31)26(38-24(5)33)18-23(4)32(31,36)17-13-25-19-28(35)37-20-25/h19,21-23,26-27,29,34,36H,8-18,20H2,1-7H3/t22-,23+,26+,27+,29-,31-,32+/m0/s1. The van der Waals surface area contributed by atoms with Gasteiger partial charge in [-0.05, 0) is 67.3 Å². The number of aliphatic hydroxyl groups excluding tert-OH is 1. The van der Waals surface area contributed by atoms with Gasteiger partial charge in [-0.15, -0.1) is 0 Å². The molecule has 7 atom stereocenters. The summed E-state index contributed by atoms with van der Waals surface area (Å²) < 4.78 is 11.1. The molecule has 0 saturated heterocycles. The number of ether oxygens (including phenoxy) is 2. The Labute approximate surface area is 230 Å². The van der Waals surface area contributed by atoms with Crippen LogP contribution in [0.25, 0.3) is 0 Å². The molecule has 3 aliphatic rings. The molecule has 0 spiro atoms. The van der Waals surface area contributed by atoms with Gasteiger partial charge in [0.25, 0.3) is 0 Å². The zero-order valence-corrected chi connectivity index (χ0v) is 25.1. The molecule has 1 aliphatic heterocycles. The van der Waals surface area contributed by atoms with Crippen molar-refractivity contribution >= 4 is 11.9 Å². The van der Waals surface area contributed by atoms with Gasteiger partial charge in [0.1, 0.15) is 12.7 Å². The Balaban J connectivity index is 1.95. The maximum Gasteiger partial charge on any atom is 0.331 e. The second kappa shape index (κ2) is 12.4. The Morgan fingerprint density at radius 3 is 2.45 bits per heavy atom. The first kappa shape index (κ1) is 31.1. The minimum absolute atomic E-state index is 0.157. The highest BCUT2D eigenvalue weighted by molar-refractivity contribution is 5.85. The third-order valence-electron chi connectivity index (χ3n) is 10.3. The third-order valence-corrected chi connectivity index (χ3v) is 10.3. The average molecular weight is 535 g/mol. The molecule has 2 fully saturated rings. The van der Waals surface area contributed by atoms with Crippen LogP contribution in [0.3, 0.4) is 0 Å². The minimum Gasteiger partial charge on any atom is -0.462 e. The van der Waals surface area contributed by atoms with Crippen LogP contribution in [0.15, 0.2) is 11.6 Å². The largest absolute Gasteiger partial charge is 0.462 e. The summed E-state index contributed by atoms with van der Waals surface area (Å²) in [6.07, 6.45) is 9.88.